The average molecular weight is 465 g/mol. The predicted molar refractivity (Wildman–Crippen MR) is 119 cm³/mol. The van der Waals surface area contributed by atoms with E-state index in [4.69, 9.17) is 0 Å². The molecule has 0 aromatic rings. The Kier molecular flexibility index (Phi) is 12.1. The van der Waals surface area contributed by atoms with Gasteiger partial charge in [-0.3, -0.25) is 4.99 Å². The fourth-order valence-electron chi connectivity index (χ4n) is 3.99. The van der Waals surface area contributed by atoms with Gasteiger partial charge in [0.15, 0.2) is 5.96 Å². The highest BCUT2D eigenvalue weighted by atomic mass is 127. The number of nitrogens with one attached hydrogen (secondary N) is 2. The molecule has 0 unspecified atom stereocenters. The van der Waals surface area contributed by atoms with Crippen LogP contribution < -0.4 is 10.6 Å². The topological polar surface area (TPSA) is 42.9 Å². The van der Waals surface area contributed by atoms with Crippen LogP contribution in [0.15, 0.2) is 4.99 Å². The lowest BCUT2D eigenvalue weighted by molar-refractivity contribution is 0.187. The smallest absolute Gasteiger partial charge is 0.191 e. The molecule has 2 aliphatic rings. The summed E-state index contributed by atoms with van der Waals surface area (Å²) in [5, 5.41) is 7.16. The van der Waals surface area contributed by atoms with Gasteiger partial charge in [0.2, 0.25) is 0 Å². The van der Waals surface area contributed by atoms with Gasteiger partial charge in [-0.1, -0.05) is 13.8 Å². The summed E-state index contributed by atoms with van der Waals surface area (Å²) in [5.41, 5.74) is 0. The molecule has 0 aromatic carbocycles. The van der Waals surface area contributed by atoms with Crippen LogP contribution in [0.3, 0.4) is 0 Å². The molecule has 0 atom stereocenters. The summed E-state index contributed by atoms with van der Waals surface area (Å²) in [6, 6.07) is 0.581. The van der Waals surface area contributed by atoms with E-state index < -0.39 is 0 Å². The molecule has 2 N–H and O–H groups in total. The Morgan fingerprint density at radius 2 is 1.64 bits per heavy atom. The minimum atomic E-state index is 0. The lowest BCUT2D eigenvalue weighted by Crippen LogP contribution is -2.49. The monoisotopic (exact) mass is 465 g/mol. The lowest BCUT2D eigenvalue weighted by Gasteiger charge is -2.33. The van der Waals surface area contributed by atoms with Crippen LogP contribution in [0.25, 0.3) is 0 Å². The van der Waals surface area contributed by atoms with Crippen LogP contribution in [0, 0.1) is 5.92 Å². The van der Waals surface area contributed by atoms with Crippen molar-refractivity contribution >= 4 is 29.9 Å². The number of guanidine groups is 1. The normalized spacial score (nSPS) is 21.8. The van der Waals surface area contributed by atoms with Crippen LogP contribution in [0.2, 0.25) is 0 Å². The van der Waals surface area contributed by atoms with Crippen LogP contribution >= 0.6 is 24.0 Å². The highest BCUT2D eigenvalue weighted by molar-refractivity contribution is 14.0. The summed E-state index contributed by atoms with van der Waals surface area (Å²) in [5.74, 6) is 1.88. The van der Waals surface area contributed by atoms with Gasteiger partial charge < -0.3 is 20.4 Å². The van der Waals surface area contributed by atoms with Crippen LogP contribution in [-0.2, 0) is 0 Å². The second-order valence-electron chi connectivity index (χ2n) is 7.43. The molecular weight excluding hydrogens is 425 g/mol. The van der Waals surface area contributed by atoms with Gasteiger partial charge in [-0.05, 0) is 70.6 Å². The highest BCUT2D eigenvalue weighted by Crippen LogP contribution is 2.19. The molecule has 25 heavy (non-hydrogen) atoms. The Morgan fingerprint density at radius 3 is 2.20 bits per heavy atom. The molecule has 2 fully saturated rings. The van der Waals surface area contributed by atoms with E-state index in [-0.39, 0.29) is 24.0 Å². The molecule has 2 aliphatic heterocycles. The van der Waals surface area contributed by atoms with Crippen molar-refractivity contribution < 1.29 is 0 Å². The van der Waals surface area contributed by atoms with Crippen LogP contribution in [0.1, 0.15) is 52.4 Å². The molecule has 0 saturated carbocycles. The Bertz CT molecular complexity index is 361. The van der Waals surface area contributed by atoms with Crippen molar-refractivity contribution in [3.05, 3.63) is 0 Å². The highest BCUT2D eigenvalue weighted by Gasteiger charge is 2.20. The first-order valence-electron chi connectivity index (χ1n) is 10.2. The van der Waals surface area contributed by atoms with Crippen LogP contribution in [-0.4, -0.2) is 74.7 Å². The molecule has 2 saturated heterocycles. The van der Waals surface area contributed by atoms with Crippen molar-refractivity contribution in [2.75, 3.05) is 52.9 Å². The molecule has 0 spiro atoms. The molecule has 0 aromatic heterocycles. The van der Waals surface area contributed by atoms with E-state index in [1.165, 1.54) is 77.8 Å². The Morgan fingerprint density at radius 1 is 1.00 bits per heavy atom. The first-order valence-corrected chi connectivity index (χ1v) is 10.2. The van der Waals surface area contributed by atoms with Gasteiger partial charge in [0.25, 0.3) is 0 Å². The van der Waals surface area contributed by atoms with Gasteiger partial charge in [0.05, 0.1) is 0 Å². The second kappa shape index (κ2) is 13.1. The molecule has 0 bridgehead atoms. The SMILES string of the molecule is CCCN1CCC(NC(=NC)NCCC2CCN(CC)CC2)CC1.I. The summed E-state index contributed by atoms with van der Waals surface area (Å²) in [6.45, 7) is 13.0. The van der Waals surface area contributed by atoms with Gasteiger partial charge in [-0.25, -0.2) is 0 Å². The Labute approximate surface area is 172 Å². The zero-order valence-corrected chi connectivity index (χ0v) is 18.9. The van der Waals surface area contributed by atoms with Crippen molar-refractivity contribution in [2.24, 2.45) is 10.9 Å². The van der Waals surface area contributed by atoms with Crippen LogP contribution in [0.4, 0.5) is 0 Å². The maximum Gasteiger partial charge on any atom is 0.191 e. The molecule has 0 amide bonds. The fraction of sp³-hybridized carbons (Fsp3) is 0.947. The van der Waals surface area contributed by atoms with Crippen molar-refractivity contribution in [1.29, 1.82) is 0 Å². The number of likely N-dealkylation sites (tertiary alicyclic amines) is 2. The molecule has 5 nitrogen and oxygen atoms in total. The number of piperidine rings is 2. The summed E-state index contributed by atoms with van der Waals surface area (Å²) in [4.78, 5) is 9.56. The lowest BCUT2D eigenvalue weighted by atomic mass is 9.93. The van der Waals surface area contributed by atoms with E-state index in [1.54, 1.807) is 0 Å². The fourth-order valence-corrected chi connectivity index (χ4v) is 3.99. The van der Waals surface area contributed by atoms with Gasteiger partial charge in [0, 0.05) is 32.7 Å². The zero-order chi connectivity index (χ0) is 17.2. The van der Waals surface area contributed by atoms with Crippen molar-refractivity contribution in [3.63, 3.8) is 0 Å². The van der Waals surface area contributed by atoms with E-state index in [0.717, 1.165) is 18.4 Å². The third kappa shape index (κ3) is 8.43. The molecule has 2 heterocycles. The van der Waals surface area contributed by atoms with E-state index >= 15 is 0 Å². The molecule has 148 valence electrons. The van der Waals surface area contributed by atoms with Crippen LogP contribution in [0.5, 0.6) is 0 Å². The minimum absolute atomic E-state index is 0. The molecular formula is C19H40IN5. The second-order valence-corrected chi connectivity index (χ2v) is 7.43. The van der Waals surface area contributed by atoms with Crippen molar-refractivity contribution in [3.8, 4) is 0 Å². The van der Waals surface area contributed by atoms with Crippen molar-refractivity contribution in [1.82, 2.24) is 20.4 Å². The number of hydrogen-bond acceptors (Lipinski definition) is 3. The number of hydrogen-bond donors (Lipinski definition) is 2. The standard InChI is InChI=1S/C19H39N5.HI/c1-4-12-24-15-9-18(10-16-24)22-19(20-3)21-11-6-17-7-13-23(5-2)14-8-17;/h17-18H,4-16H2,1-3H3,(H2,20,21,22);1H. The number of aliphatic imine (C=N–C) groups is 1. The average Bonchev–Trinajstić information content (AvgIpc) is 2.63. The quantitative estimate of drug-likeness (QED) is 0.345. The maximum atomic E-state index is 4.42. The largest absolute Gasteiger partial charge is 0.356 e. The first kappa shape index (κ1) is 23.0. The van der Waals surface area contributed by atoms with E-state index in [1.807, 2.05) is 7.05 Å². The third-order valence-corrected chi connectivity index (χ3v) is 5.69. The van der Waals surface area contributed by atoms with Gasteiger partial charge in [-0.2, -0.15) is 0 Å². The summed E-state index contributed by atoms with van der Waals surface area (Å²) in [6.07, 6.45) is 7.72. The number of halogens is 1. The summed E-state index contributed by atoms with van der Waals surface area (Å²) >= 11 is 0. The Hall–Kier alpha value is -0.0800. The van der Waals surface area contributed by atoms with Gasteiger partial charge >= 0.3 is 0 Å². The molecule has 0 radical (unpaired) electrons. The Balaban J connectivity index is 0.00000312. The van der Waals surface area contributed by atoms with E-state index in [2.05, 4.69) is 39.3 Å². The molecule has 0 aliphatic carbocycles. The van der Waals surface area contributed by atoms with Gasteiger partial charge in [-0.15, -0.1) is 24.0 Å². The third-order valence-electron chi connectivity index (χ3n) is 5.69. The number of nitrogens with zero attached hydrogens (tertiary/aromatic N) is 3. The van der Waals surface area contributed by atoms with E-state index in [0.29, 0.717) is 6.04 Å². The molecule has 6 heteroatoms. The van der Waals surface area contributed by atoms with Crippen molar-refractivity contribution in [2.45, 2.75) is 58.4 Å². The molecule has 2 rings (SSSR count). The number of rotatable bonds is 7. The van der Waals surface area contributed by atoms with Gasteiger partial charge in [0.1, 0.15) is 0 Å². The predicted octanol–water partition coefficient (Wildman–Crippen LogP) is 2.77. The first-order chi connectivity index (χ1) is 11.7. The summed E-state index contributed by atoms with van der Waals surface area (Å²) < 4.78 is 0. The minimum Gasteiger partial charge on any atom is -0.356 e. The zero-order valence-electron chi connectivity index (χ0n) is 16.6. The van der Waals surface area contributed by atoms with E-state index in [9.17, 15) is 0 Å². The maximum absolute atomic E-state index is 4.42. The summed E-state index contributed by atoms with van der Waals surface area (Å²) in [7, 11) is 1.89.